The molecule has 0 amide bonds. The van der Waals surface area contributed by atoms with Gasteiger partial charge in [0.2, 0.25) is 5.13 Å². The minimum atomic E-state index is -4.73. The number of hydrogen-bond donors (Lipinski definition) is 2. The molecular formula is C13H9N3O5S2. The zero-order valence-corrected chi connectivity index (χ0v) is 13.0. The van der Waals surface area contributed by atoms with Crippen LogP contribution < -0.4 is 4.31 Å². The Morgan fingerprint density at radius 1 is 1.22 bits per heavy atom. The topological polar surface area (TPSA) is 121 Å². The molecule has 8 nitrogen and oxygen atoms in total. The molecule has 23 heavy (non-hydrogen) atoms. The fourth-order valence-electron chi connectivity index (χ4n) is 2.03. The summed E-state index contributed by atoms with van der Waals surface area (Å²) in [6.45, 7) is 0. The van der Waals surface area contributed by atoms with Crippen molar-refractivity contribution >= 4 is 49.3 Å². The van der Waals surface area contributed by atoms with Crippen LogP contribution in [0.25, 0.3) is 10.9 Å². The molecular weight excluding hydrogens is 342 g/mol. The van der Waals surface area contributed by atoms with Gasteiger partial charge in [-0.25, -0.2) is 9.78 Å². The van der Waals surface area contributed by atoms with Gasteiger partial charge in [0, 0.05) is 17.0 Å². The smallest absolute Gasteiger partial charge is 0.366 e. The number of carbonyl (C=O) groups is 1. The largest absolute Gasteiger partial charge is 0.476 e. The first-order valence-corrected chi connectivity index (χ1v) is 8.46. The summed E-state index contributed by atoms with van der Waals surface area (Å²) in [6, 6.07) is 8.21. The maximum absolute atomic E-state index is 11.8. The molecule has 2 aromatic heterocycles. The number of thiazole rings is 1. The lowest BCUT2D eigenvalue weighted by molar-refractivity contribution is 0.0691. The van der Waals surface area contributed by atoms with Crippen molar-refractivity contribution in [1.29, 1.82) is 0 Å². The fraction of sp³-hybridized carbons (Fsp3) is 0. The number of para-hydroxylation sites is 1. The monoisotopic (exact) mass is 351 g/mol. The minimum Gasteiger partial charge on any atom is -0.476 e. The van der Waals surface area contributed by atoms with Crippen LogP contribution in [-0.2, 0) is 10.3 Å². The van der Waals surface area contributed by atoms with Gasteiger partial charge in [0.15, 0.2) is 5.69 Å². The number of fused-ring (bicyclic) bond motifs is 1. The Morgan fingerprint density at radius 3 is 2.61 bits per heavy atom. The highest BCUT2D eigenvalue weighted by atomic mass is 32.2. The molecule has 3 rings (SSSR count). The SMILES string of the molecule is O=C(O)c1csc(N(c2cccc3cccnc23)S(=O)(=O)O)n1. The Balaban J connectivity index is 2.25. The van der Waals surface area contributed by atoms with Crippen molar-refractivity contribution in [1.82, 2.24) is 9.97 Å². The second kappa shape index (κ2) is 5.57. The summed E-state index contributed by atoms with van der Waals surface area (Å²) in [5.74, 6) is -1.29. The van der Waals surface area contributed by atoms with Crippen molar-refractivity contribution in [2.75, 3.05) is 4.31 Å². The zero-order chi connectivity index (χ0) is 16.6. The number of nitrogens with zero attached hydrogens (tertiary/aromatic N) is 3. The Kier molecular flexibility index (Phi) is 3.72. The molecule has 0 aliphatic heterocycles. The third kappa shape index (κ3) is 2.86. The van der Waals surface area contributed by atoms with Crippen molar-refractivity contribution in [3.05, 3.63) is 47.6 Å². The van der Waals surface area contributed by atoms with Crippen LogP contribution in [0.1, 0.15) is 10.5 Å². The van der Waals surface area contributed by atoms with E-state index in [0.29, 0.717) is 15.2 Å². The molecule has 0 bridgehead atoms. The molecule has 0 atom stereocenters. The Hall–Kier alpha value is -2.56. The molecule has 0 aliphatic carbocycles. The second-order valence-electron chi connectivity index (χ2n) is 4.41. The number of aromatic nitrogens is 2. The first-order valence-electron chi connectivity index (χ1n) is 6.18. The number of benzene rings is 1. The molecule has 0 unspecified atom stereocenters. The van der Waals surface area contributed by atoms with E-state index < -0.39 is 16.3 Å². The number of hydrogen-bond acceptors (Lipinski definition) is 6. The Bertz CT molecular complexity index is 994. The van der Waals surface area contributed by atoms with Gasteiger partial charge in [-0.3, -0.25) is 9.54 Å². The summed E-state index contributed by atoms with van der Waals surface area (Å²) in [6.07, 6.45) is 1.48. The maximum atomic E-state index is 11.8. The number of aromatic carboxylic acids is 1. The first kappa shape index (κ1) is 15.3. The Morgan fingerprint density at radius 2 is 1.96 bits per heavy atom. The van der Waals surface area contributed by atoms with Crippen LogP contribution in [-0.4, -0.2) is 34.0 Å². The van der Waals surface area contributed by atoms with E-state index in [2.05, 4.69) is 9.97 Å². The average Bonchev–Trinajstić information content (AvgIpc) is 2.96. The van der Waals surface area contributed by atoms with Crippen LogP contribution in [0.5, 0.6) is 0 Å². The summed E-state index contributed by atoms with van der Waals surface area (Å²) in [7, 11) is -4.73. The standard InChI is InChI=1S/C13H9N3O5S2/c17-12(18)9-7-22-13(15-9)16(23(19,20)21)10-5-1-3-8-4-2-6-14-11(8)10/h1-7H,(H,17,18)(H,19,20,21). The van der Waals surface area contributed by atoms with E-state index in [-0.39, 0.29) is 16.5 Å². The van der Waals surface area contributed by atoms with Crippen LogP contribution in [0.4, 0.5) is 10.8 Å². The lowest BCUT2D eigenvalue weighted by Gasteiger charge is -2.18. The normalized spacial score (nSPS) is 11.5. The summed E-state index contributed by atoms with van der Waals surface area (Å²) in [5.41, 5.74) is 0.100. The van der Waals surface area contributed by atoms with Gasteiger partial charge >= 0.3 is 16.3 Å². The Labute approximate surface area is 134 Å². The number of carboxylic acids is 1. The van der Waals surface area contributed by atoms with Crippen LogP contribution in [0.15, 0.2) is 41.9 Å². The van der Waals surface area contributed by atoms with Gasteiger partial charge in [-0.05, 0) is 12.1 Å². The predicted molar refractivity (Wildman–Crippen MR) is 84.5 cm³/mol. The summed E-state index contributed by atoms with van der Waals surface area (Å²) >= 11 is 0.783. The summed E-state index contributed by atoms with van der Waals surface area (Å²) in [5, 5.41) is 10.6. The van der Waals surface area contributed by atoms with Crippen LogP contribution in [0, 0.1) is 0 Å². The van der Waals surface area contributed by atoms with Gasteiger partial charge < -0.3 is 5.11 Å². The van der Waals surface area contributed by atoms with Crippen molar-refractivity contribution in [2.45, 2.75) is 0 Å². The number of rotatable bonds is 4. The van der Waals surface area contributed by atoms with Gasteiger partial charge in [-0.2, -0.15) is 12.7 Å². The van der Waals surface area contributed by atoms with Crippen LogP contribution in [0.3, 0.4) is 0 Å². The quantitative estimate of drug-likeness (QED) is 0.692. The van der Waals surface area contributed by atoms with Gasteiger partial charge in [-0.1, -0.05) is 18.2 Å². The van der Waals surface area contributed by atoms with Crippen molar-refractivity contribution < 1.29 is 22.9 Å². The molecule has 3 aromatic rings. The van der Waals surface area contributed by atoms with E-state index in [9.17, 15) is 17.8 Å². The van der Waals surface area contributed by atoms with Crippen molar-refractivity contribution in [3.8, 4) is 0 Å². The number of pyridine rings is 1. The van der Waals surface area contributed by atoms with Gasteiger partial charge in [0.25, 0.3) is 0 Å². The summed E-state index contributed by atoms with van der Waals surface area (Å²) < 4.78 is 33.8. The predicted octanol–water partition coefficient (Wildman–Crippen LogP) is 2.33. The maximum Gasteiger partial charge on any atom is 0.366 e. The van der Waals surface area contributed by atoms with E-state index in [1.165, 1.54) is 17.6 Å². The molecule has 1 aromatic carbocycles. The molecule has 0 saturated carbocycles. The van der Waals surface area contributed by atoms with E-state index >= 15 is 0 Å². The minimum absolute atomic E-state index is 0.0805. The van der Waals surface area contributed by atoms with E-state index in [1.54, 1.807) is 24.3 Å². The van der Waals surface area contributed by atoms with Gasteiger partial charge in [-0.15, -0.1) is 11.3 Å². The highest BCUT2D eigenvalue weighted by Crippen LogP contribution is 2.35. The molecule has 0 spiro atoms. The third-order valence-electron chi connectivity index (χ3n) is 2.95. The third-order valence-corrected chi connectivity index (χ3v) is 4.72. The average molecular weight is 351 g/mol. The number of carboxylic acid groups (broad SMARTS) is 1. The molecule has 0 aliphatic rings. The zero-order valence-electron chi connectivity index (χ0n) is 11.3. The first-order chi connectivity index (χ1) is 10.9. The lowest BCUT2D eigenvalue weighted by atomic mass is 10.2. The van der Waals surface area contributed by atoms with Crippen LogP contribution in [0.2, 0.25) is 0 Å². The van der Waals surface area contributed by atoms with E-state index in [0.717, 1.165) is 11.3 Å². The molecule has 0 fully saturated rings. The molecule has 0 radical (unpaired) electrons. The molecule has 2 heterocycles. The van der Waals surface area contributed by atoms with Gasteiger partial charge in [0.05, 0.1) is 11.2 Å². The fourth-order valence-corrected chi connectivity index (χ4v) is 3.80. The highest BCUT2D eigenvalue weighted by molar-refractivity contribution is 7.87. The molecule has 10 heteroatoms. The second-order valence-corrected chi connectivity index (χ2v) is 6.51. The summed E-state index contributed by atoms with van der Waals surface area (Å²) in [4.78, 5) is 18.8. The van der Waals surface area contributed by atoms with Gasteiger partial charge in [0.1, 0.15) is 0 Å². The van der Waals surface area contributed by atoms with E-state index in [4.69, 9.17) is 5.11 Å². The van der Waals surface area contributed by atoms with E-state index in [1.807, 2.05) is 0 Å². The highest BCUT2D eigenvalue weighted by Gasteiger charge is 2.28. The molecule has 118 valence electrons. The molecule has 0 saturated heterocycles. The number of anilines is 2. The van der Waals surface area contributed by atoms with Crippen LogP contribution >= 0.6 is 11.3 Å². The lowest BCUT2D eigenvalue weighted by Crippen LogP contribution is -2.25. The van der Waals surface area contributed by atoms with Crippen molar-refractivity contribution in [2.24, 2.45) is 0 Å². The molecule has 2 N–H and O–H groups in total. The van der Waals surface area contributed by atoms with Crippen molar-refractivity contribution in [3.63, 3.8) is 0 Å².